The standard InChI is InChI=1S/C11H16N4O4S2/c1-8-7-20-6-5-14(8)21(18,19)10-4-2-3-9(13-12)11(10)15(16)17/h2-4,8,13H,5-7,12H2,1H3. The van der Waals surface area contributed by atoms with E-state index >= 15 is 0 Å². The van der Waals surface area contributed by atoms with Gasteiger partial charge in [0, 0.05) is 24.1 Å². The van der Waals surface area contributed by atoms with Gasteiger partial charge in [-0.15, -0.1) is 0 Å². The number of nitrogen functional groups attached to an aromatic ring is 1. The second-order valence-corrected chi connectivity index (χ2v) is 7.60. The summed E-state index contributed by atoms with van der Waals surface area (Å²) in [7, 11) is -3.94. The number of hydrogen-bond donors (Lipinski definition) is 2. The first-order valence-electron chi connectivity index (χ1n) is 6.23. The van der Waals surface area contributed by atoms with Crippen LogP contribution in [0.4, 0.5) is 11.4 Å². The molecule has 3 N–H and O–H groups in total. The van der Waals surface area contributed by atoms with Crippen molar-refractivity contribution < 1.29 is 13.3 Å². The topological polar surface area (TPSA) is 119 Å². The Labute approximate surface area is 126 Å². The zero-order chi connectivity index (χ0) is 15.6. The molecule has 1 aliphatic heterocycles. The Bertz CT molecular complexity index is 650. The molecule has 10 heteroatoms. The molecule has 1 aliphatic rings. The molecule has 1 saturated heterocycles. The van der Waals surface area contributed by atoms with Crippen LogP contribution >= 0.6 is 11.8 Å². The van der Waals surface area contributed by atoms with Crippen LogP contribution in [0.2, 0.25) is 0 Å². The molecule has 21 heavy (non-hydrogen) atoms. The predicted molar refractivity (Wildman–Crippen MR) is 81.6 cm³/mol. The Balaban J connectivity index is 2.57. The van der Waals surface area contributed by atoms with Crippen molar-refractivity contribution in [2.75, 3.05) is 23.5 Å². The van der Waals surface area contributed by atoms with Gasteiger partial charge in [0.15, 0.2) is 4.90 Å². The minimum Gasteiger partial charge on any atom is -0.318 e. The summed E-state index contributed by atoms with van der Waals surface area (Å²) in [6.45, 7) is 2.13. The van der Waals surface area contributed by atoms with Gasteiger partial charge < -0.3 is 5.43 Å². The lowest BCUT2D eigenvalue weighted by Gasteiger charge is -2.31. The number of nitrogens with zero attached hydrogens (tertiary/aromatic N) is 2. The summed E-state index contributed by atoms with van der Waals surface area (Å²) in [4.78, 5) is 10.2. The number of hydrogen-bond acceptors (Lipinski definition) is 7. The smallest absolute Gasteiger partial charge is 0.313 e. The van der Waals surface area contributed by atoms with Crippen molar-refractivity contribution in [3.63, 3.8) is 0 Å². The lowest BCUT2D eigenvalue weighted by atomic mass is 10.3. The molecule has 2 rings (SSSR count). The van der Waals surface area contributed by atoms with Crippen molar-refractivity contribution in [1.82, 2.24) is 4.31 Å². The predicted octanol–water partition coefficient (Wildman–Crippen LogP) is 1.01. The largest absolute Gasteiger partial charge is 0.318 e. The molecule has 116 valence electrons. The van der Waals surface area contributed by atoms with Crippen molar-refractivity contribution >= 4 is 33.2 Å². The van der Waals surface area contributed by atoms with Crippen LogP contribution in [-0.4, -0.2) is 41.7 Å². The summed E-state index contributed by atoms with van der Waals surface area (Å²) in [6, 6.07) is 3.83. The summed E-state index contributed by atoms with van der Waals surface area (Å²) in [5.74, 6) is 6.58. The molecule has 0 saturated carbocycles. The summed E-state index contributed by atoms with van der Waals surface area (Å²) in [5.41, 5.74) is 1.62. The summed E-state index contributed by atoms with van der Waals surface area (Å²) in [5, 5.41) is 11.2. The Morgan fingerprint density at radius 2 is 2.24 bits per heavy atom. The van der Waals surface area contributed by atoms with Gasteiger partial charge in [0.2, 0.25) is 10.0 Å². The number of nitro groups is 1. The van der Waals surface area contributed by atoms with Gasteiger partial charge in [-0.3, -0.25) is 16.0 Å². The second kappa shape index (κ2) is 6.18. The van der Waals surface area contributed by atoms with Gasteiger partial charge in [0.05, 0.1) is 4.92 Å². The Morgan fingerprint density at radius 1 is 1.52 bits per heavy atom. The molecule has 1 aromatic carbocycles. The Morgan fingerprint density at radius 3 is 2.81 bits per heavy atom. The first-order valence-corrected chi connectivity index (χ1v) is 8.82. The van der Waals surface area contributed by atoms with E-state index in [1.165, 1.54) is 22.5 Å². The lowest BCUT2D eigenvalue weighted by molar-refractivity contribution is -0.386. The molecule has 0 aliphatic carbocycles. The van der Waals surface area contributed by atoms with Crippen LogP contribution in [0.1, 0.15) is 6.92 Å². The molecule has 1 unspecified atom stereocenters. The van der Waals surface area contributed by atoms with Crippen LogP contribution in [0.15, 0.2) is 23.1 Å². The van der Waals surface area contributed by atoms with E-state index in [0.29, 0.717) is 18.1 Å². The van der Waals surface area contributed by atoms with E-state index in [2.05, 4.69) is 5.43 Å². The molecule has 0 radical (unpaired) electrons. The molecule has 1 heterocycles. The van der Waals surface area contributed by atoms with Crippen LogP contribution in [0.5, 0.6) is 0 Å². The van der Waals surface area contributed by atoms with E-state index in [1.54, 1.807) is 18.7 Å². The van der Waals surface area contributed by atoms with Crippen molar-refractivity contribution in [3.8, 4) is 0 Å². The maximum Gasteiger partial charge on any atom is 0.313 e. The molecule has 0 aromatic heterocycles. The van der Waals surface area contributed by atoms with Crippen molar-refractivity contribution in [1.29, 1.82) is 0 Å². The zero-order valence-electron chi connectivity index (χ0n) is 11.4. The summed E-state index contributed by atoms with van der Waals surface area (Å²) < 4.78 is 26.8. The molecular formula is C11H16N4O4S2. The van der Waals surface area contributed by atoms with Crippen LogP contribution in [-0.2, 0) is 10.0 Å². The molecule has 1 atom stereocenters. The van der Waals surface area contributed by atoms with Crippen molar-refractivity contribution in [2.24, 2.45) is 5.84 Å². The number of nitrogens with two attached hydrogens (primary N) is 1. The number of para-hydroxylation sites is 1. The van der Waals surface area contributed by atoms with Gasteiger partial charge in [-0.25, -0.2) is 8.42 Å². The van der Waals surface area contributed by atoms with Gasteiger partial charge in [0.1, 0.15) is 5.69 Å². The number of benzene rings is 1. The molecule has 1 fully saturated rings. The third kappa shape index (κ3) is 2.98. The third-order valence-electron chi connectivity index (χ3n) is 3.23. The van der Waals surface area contributed by atoms with Gasteiger partial charge in [0.25, 0.3) is 0 Å². The summed E-state index contributed by atoms with van der Waals surface area (Å²) >= 11 is 1.66. The fraction of sp³-hybridized carbons (Fsp3) is 0.455. The maximum atomic E-state index is 12.7. The fourth-order valence-electron chi connectivity index (χ4n) is 2.23. The molecule has 0 bridgehead atoms. The van der Waals surface area contributed by atoms with Gasteiger partial charge in [-0.05, 0) is 19.1 Å². The number of sulfonamides is 1. The number of hydrazine groups is 1. The average molecular weight is 332 g/mol. The van der Waals surface area contributed by atoms with Gasteiger partial charge in [-0.2, -0.15) is 16.1 Å². The van der Waals surface area contributed by atoms with E-state index in [-0.39, 0.29) is 16.6 Å². The molecular weight excluding hydrogens is 316 g/mol. The molecule has 0 amide bonds. The minimum absolute atomic E-state index is 0.0277. The SMILES string of the molecule is CC1CSCCN1S(=O)(=O)c1cccc(NN)c1[N+](=O)[O-]. The van der Waals surface area contributed by atoms with Crippen molar-refractivity contribution in [3.05, 3.63) is 28.3 Å². The minimum atomic E-state index is -3.94. The van der Waals surface area contributed by atoms with Crippen LogP contribution < -0.4 is 11.3 Å². The first-order chi connectivity index (χ1) is 9.89. The first kappa shape index (κ1) is 16.0. The van der Waals surface area contributed by atoms with E-state index in [0.717, 1.165) is 0 Å². The molecule has 0 spiro atoms. The number of anilines is 1. The van der Waals surface area contributed by atoms with Crippen LogP contribution in [0.3, 0.4) is 0 Å². The highest BCUT2D eigenvalue weighted by Gasteiger charge is 2.37. The molecule has 8 nitrogen and oxygen atoms in total. The van der Waals surface area contributed by atoms with E-state index in [4.69, 9.17) is 5.84 Å². The van der Waals surface area contributed by atoms with E-state index in [1.807, 2.05) is 0 Å². The van der Waals surface area contributed by atoms with Gasteiger partial charge >= 0.3 is 5.69 Å². The fourth-order valence-corrected chi connectivity index (χ4v) is 5.27. The lowest BCUT2D eigenvalue weighted by Crippen LogP contribution is -2.44. The molecule has 1 aromatic rings. The second-order valence-electron chi connectivity index (χ2n) is 4.59. The number of nitrogens with one attached hydrogen (secondary N) is 1. The maximum absolute atomic E-state index is 12.7. The highest BCUT2D eigenvalue weighted by atomic mass is 32.2. The number of thioether (sulfide) groups is 1. The van der Waals surface area contributed by atoms with E-state index in [9.17, 15) is 18.5 Å². The normalized spacial score (nSPS) is 20.2. The Hall–Kier alpha value is -1.36. The number of nitro benzene ring substituents is 1. The third-order valence-corrected chi connectivity index (χ3v) is 6.46. The highest BCUT2D eigenvalue weighted by Crippen LogP contribution is 2.34. The average Bonchev–Trinajstić information content (AvgIpc) is 2.46. The van der Waals surface area contributed by atoms with Crippen LogP contribution in [0, 0.1) is 10.1 Å². The van der Waals surface area contributed by atoms with E-state index < -0.39 is 20.6 Å². The quantitative estimate of drug-likeness (QED) is 0.480. The Kier molecular flexibility index (Phi) is 4.71. The summed E-state index contributed by atoms with van der Waals surface area (Å²) in [6.07, 6.45) is 0. The van der Waals surface area contributed by atoms with Gasteiger partial charge in [-0.1, -0.05) is 6.07 Å². The number of rotatable bonds is 4. The highest BCUT2D eigenvalue weighted by molar-refractivity contribution is 7.99. The van der Waals surface area contributed by atoms with Crippen LogP contribution in [0.25, 0.3) is 0 Å². The zero-order valence-corrected chi connectivity index (χ0v) is 13.0. The van der Waals surface area contributed by atoms with Crippen molar-refractivity contribution in [2.45, 2.75) is 17.9 Å². The monoisotopic (exact) mass is 332 g/mol.